The van der Waals surface area contributed by atoms with Gasteiger partial charge in [-0.3, -0.25) is 9.78 Å². The van der Waals surface area contributed by atoms with Crippen LogP contribution >= 0.6 is 11.6 Å². The third-order valence-electron chi connectivity index (χ3n) is 3.63. The largest absolute Gasteiger partial charge is 0.478 e. The first-order valence-corrected chi connectivity index (χ1v) is 7.86. The minimum Gasteiger partial charge on any atom is -0.478 e. The Hall–Kier alpha value is -2.99. The molecule has 3 aromatic rings. The predicted molar refractivity (Wildman–Crippen MR) is 93.9 cm³/mol. The summed E-state index contributed by atoms with van der Waals surface area (Å²) >= 11 is 6.25. The lowest BCUT2D eigenvalue weighted by molar-refractivity contribution is 0.0698. The summed E-state index contributed by atoms with van der Waals surface area (Å²) in [5, 5.41) is 12.9. The van der Waals surface area contributed by atoms with Crippen molar-refractivity contribution in [1.29, 1.82) is 0 Å². The van der Waals surface area contributed by atoms with Gasteiger partial charge in [0, 0.05) is 11.6 Å². The van der Waals surface area contributed by atoms with Crippen molar-refractivity contribution in [2.45, 2.75) is 13.5 Å². The fraction of sp³-hybridized carbons (Fsp3) is 0.111. The second kappa shape index (κ2) is 6.86. The molecule has 0 aliphatic rings. The maximum absolute atomic E-state index is 12.4. The number of benzene rings is 1. The lowest BCUT2D eigenvalue weighted by Crippen LogP contribution is -2.24. The summed E-state index contributed by atoms with van der Waals surface area (Å²) in [5.41, 5.74) is 1.70. The van der Waals surface area contributed by atoms with E-state index in [1.54, 1.807) is 31.3 Å². The molecule has 0 spiro atoms. The monoisotopic (exact) mass is 355 g/mol. The normalized spacial score (nSPS) is 10.6. The number of carbonyl (C=O) groups excluding carboxylic acids is 1. The van der Waals surface area contributed by atoms with Gasteiger partial charge in [-0.1, -0.05) is 17.7 Å². The minimum absolute atomic E-state index is 0.0104. The van der Waals surface area contributed by atoms with Crippen LogP contribution in [0, 0.1) is 6.92 Å². The Morgan fingerprint density at radius 3 is 2.72 bits per heavy atom. The highest BCUT2D eigenvalue weighted by Gasteiger charge is 2.17. The van der Waals surface area contributed by atoms with E-state index in [1.165, 1.54) is 12.1 Å². The van der Waals surface area contributed by atoms with Crippen LogP contribution in [-0.4, -0.2) is 27.0 Å². The number of fused-ring (bicyclic) bond motifs is 1. The van der Waals surface area contributed by atoms with Gasteiger partial charge in [0.25, 0.3) is 5.91 Å². The number of rotatable bonds is 4. The number of aryl methyl sites for hydroxylation is 1. The van der Waals surface area contributed by atoms with E-state index in [9.17, 15) is 14.7 Å². The van der Waals surface area contributed by atoms with Crippen LogP contribution in [0.25, 0.3) is 10.9 Å². The Kier molecular flexibility index (Phi) is 4.63. The standard InChI is InChI=1S/C18H14ClN3O3/c1-10-6-12-14(19)8-15(22-16(12)13(7-10)18(24)25)17(23)21-9-11-4-2-3-5-20-11/h2-8H,9H2,1H3,(H,21,23)(H,24,25). The molecule has 2 heterocycles. The fourth-order valence-electron chi connectivity index (χ4n) is 2.48. The van der Waals surface area contributed by atoms with E-state index in [2.05, 4.69) is 15.3 Å². The maximum atomic E-state index is 12.4. The molecule has 0 atom stereocenters. The van der Waals surface area contributed by atoms with Gasteiger partial charge in [-0.25, -0.2) is 9.78 Å². The average molecular weight is 356 g/mol. The van der Waals surface area contributed by atoms with E-state index in [4.69, 9.17) is 11.6 Å². The number of carboxylic acids is 1. The van der Waals surface area contributed by atoms with Gasteiger partial charge in [0.15, 0.2) is 0 Å². The molecule has 0 saturated heterocycles. The molecule has 7 heteroatoms. The van der Waals surface area contributed by atoms with Crippen molar-refractivity contribution in [2.75, 3.05) is 0 Å². The molecule has 0 saturated carbocycles. The molecule has 2 N–H and O–H groups in total. The lowest BCUT2D eigenvalue weighted by atomic mass is 10.1. The summed E-state index contributed by atoms with van der Waals surface area (Å²) in [6.07, 6.45) is 1.63. The first-order chi connectivity index (χ1) is 12.0. The van der Waals surface area contributed by atoms with Crippen LogP contribution in [0.4, 0.5) is 0 Å². The van der Waals surface area contributed by atoms with Crippen molar-refractivity contribution in [1.82, 2.24) is 15.3 Å². The number of nitrogens with one attached hydrogen (secondary N) is 1. The smallest absolute Gasteiger partial charge is 0.337 e. The third kappa shape index (κ3) is 3.59. The first kappa shape index (κ1) is 16.9. The summed E-state index contributed by atoms with van der Waals surface area (Å²) < 4.78 is 0. The Balaban J connectivity index is 1.97. The number of aromatic nitrogens is 2. The highest BCUT2D eigenvalue weighted by atomic mass is 35.5. The number of halogens is 1. The summed E-state index contributed by atoms with van der Waals surface area (Å²) in [6.45, 7) is 2.01. The van der Waals surface area contributed by atoms with E-state index in [1.807, 2.05) is 6.07 Å². The molecular formula is C18H14ClN3O3. The molecule has 2 aromatic heterocycles. The lowest BCUT2D eigenvalue weighted by Gasteiger charge is -2.09. The number of carbonyl (C=O) groups is 2. The second-order valence-electron chi connectivity index (χ2n) is 5.51. The Morgan fingerprint density at radius 2 is 2.04 bits per heavy atom. The third-order valence-corrected chi connectivity index (χ3v) is 3.94. The molecular weight excluding hydrogens is 342 g/mol. The first-order valence-electron chi connectivity index (χ1n) is 7.48. The van der Waals surface area contributed by atoms with Gasteiger partial charge in [-0.05, 0) is 42.8 Å². The van der Waals surface area contributed by atoms with Gasteiger partial charge in [0.05, 0.1) is 28.3 Å². The van der Waals surface area contributed by atoms with Crippen molar-refractivity contribution in [3.05, 3.63) is 70.1 Å². The molecule has 0 bridgehead atoms. The van der Waals surface area contributed by atoms with Gasteiger partial charge in [0.1, 0.15) is 5.69 Å². The molecule has 0 aliphatic heterocycles. The van der Waals surface area contributed by atoms with Crippen LogP contribution in [0.5, 0.6) is 0 Å². The van der Waals surface area contributed by atoms with E-state index >= 15 is 0 Å². The summed E-state index contributed by atoms with van der Waals surface area (Å²) in [6, 6.07) is 10.1. The summed E-state index contributed by atoms with van der Waals surface area (Å²) in [4.78, 5) is 32.2. The Morgan fingerprint density at radius 1 is 1.24 bits per heavy atom. The topological polar surface area (TPSA) is 92.2 Å². The van der Waals surface area contributed by atoms with Crippen LogP contribution in [0.1, 0.15) is 32.1 Å². The average Bonchev–Trinajstić information content (AvgIpc) is 2.60. The molecule has 1 amide bonds. The number of aromatic carboxylic acids is 1. The van der Waals surface area contributed by atoms with Gasteiger partial charge in [-0.2, -0.15) is 0 Å². The zero-order chi connectivity index (χ0) is 18.0. The highest BCUT2D eigenvalue weighted by molar-refractivity contribution is 6.36. The van der Waals surface area contributed by atoms with Gasteiger partial charge >= 0.3 is 5.97 Å². The molecule has 25 heavy (non-hydrogen) atoms. The van der Waals surface area contributed by atoms with Crippen molar-refractivity contribution < 1.29 is 14.7 Å². The number of amides is 1. The predicted octanol–water partition coefficient (Wildman–Crippen LogP) is 3.22. The summed E-state index contributed by atoms with van der Waals surface area (Å²) in [7, 11) is 0. The molecule has 0 fully saturated rings. The zero-order valence-corrected chi connectivity index (χ0v) is 14.0. The van der Waals surface area contributed by atoms with Crippen LogP contribution < -0.4 is 5.32 Å². The zero-order valence-electron chi connectivity index (χ0n) is 13.3. The van der Waals surface area contributed by atoms with Crippen molar-refractivity contribution in [3.8, 4) is 0 Å². The fourth-order valence-corrected chi connectivity index (χ4v) is 2.72. The molecule has 126 valence electrons. The van der Waals surface area contributed by atoms with Crippen LogP contribution in [-0.2, 0) is 6.54 Å². The Labute approximate surface area is 148 Å². The molecule has 0 aliphatic carbocycles. The minimum atomic E-state index is -1.12. The van der Waals surface area contributed by atoms with Gasteiger partial charge in [0.2, 0.25) is 0 Å². The van der Waals surface area contributed by atoms with Gasteiger partial charge < -0.3 is 10.4 Å². The number of hydrogen-bond donors (Lipinski definition) is 2. The van der Waals surface area contributed by atoms with Crippen molar-refractivity contribution >= 4 is 34.4 Å². The quantitative estimate of drug-likeness (QED) is 0.749. The van der Waals surface area contributed by atoms with Crippen molar-refractivity contribution in [3.63, 3.8) is 0 Å². The van der Waals surface area contributed by atoms with Crippen molar-refractivity contribution in [2.24, 2.45) is 0 Å². The van der Waals surface area contributed by atoms with E-state index in [0.29, 0.717) is 11.1 Å². The highest BCUT2D eigenvalue weighted by Crippen LogP contribution is 2.27. The number of nitrogens with zero attached hydrogens (tertiary/aromatic N) is 2. The molecule has 0 radical (unpaired) electrons. The number of hydrogen-bond acceptors (Lipinski definition) is 4. The van der Waals surface area contributed by atoms with E-state index < -0.39 is 11.9 Å². The summed E-state index contributed by atoms with van der Waals surface area (Å²) in [5.74, 6) is -1.57. The van der Waals surface area contributed by atoms with E-state index in [0.717, 1.165) is 5.56 Å². The van der Waals surface area contributed by atoms with Crippen LogP contribution in [0.2, 0.25) is 5.02 Å². The Bertz CT molecular complexity index is 974. The number of carboxylic acid groups (broad SMARTS) is 1. The molecule has 3 rings (SSSR count). The van der Waals surface area contributed by atoms with E-state index in [-0.39, 0.29) is 28.3 Å². The SMILES string of the molecule is Cc1cc(C(=O)O)c2nc(C(=O)NCc3ccccn3)cc(Cl)c2c1. The van der Waals surface area contributed by atoms with Crippen LogP contribution in [0.3, 0.4) is 0 Å². The maximum Gasteiger partial charge on any atom is 0.337 e. The molecule has 6 nitrogen and oxygen atoms in total. The second-order valence-corrected chi connectivity index (χ2v) is 5.91. The number of pyridine rings is 2. The van der Waals surface area contributed by atoms with Crippen LogP contribution in [0.15, 0.2) is 42.6 Å². The molecule has 0 unspecified atom stereocenters. The van der Waals surface area contributed by atoms with Gasteiger partial charge in [-0.15, -0.1) is 0 Å². The molecule has 1 aromatic carbocycles.